The van der Waals surface area contributed by atoms with E-state index in [1.807, 2.05) is 66.7 Å². The van der Waals surface area contributed by atoms with Crippen LogP contribution in [0.3, 0.4) is 0 Å². The van der Waals surface area contributed by atoms with Gasteiger partial charge in [-0.3, -0.25) is 4.79 Å². The van der Waals surface area contributed by atoms with Gasteiger partial charge in [0.25, 0.3) is 5.91 Å². The smallest absolute Gasteiger partial charge is 0.288 e. The van der Waals surface area contributed by atoms with E-state index in [0.717, 1.165) is 22.6 Å². The Morgan fingerprint density at radius 2 is 1.37 bits per heavy atom. The monoisotopic (exact) mass is 473 g/mol. The van der Waals surface area contributed by atoms with Crippen LogP contribution in [-0.2, 0) is 13.1 Å². The second kappa shape index (κ2) is 11.6. The lowest BCUT2D eigenvalue weighted by Crippen LogP contribution is -2.23. The Balaban J connectivity index is 1.52. The number of ether oxygens (including phenoxy) is 3. The maximum Gasteiger partial charge on any atom is 0.288 e. The number of methoxy groups -OCH3 is 2. The Morgan fingerprint density at radius 1 is 0.800 bits per heavy atom. The first-order valence-corrected chi connectivity index (χ1v) is 11.1. The molecule has 0 saturated carbocycles. The van der Waals surface area contributed by atoms with Gasteiger partial charge in [-0.05, 0) is 24.3 Å². The van der Waals surface area contributed by atoms with Crippen molar-refractivity contribution in [3.8, 4) is 17.2 Å². The summed E-state index contributed by atoms with van der Waals surface area (Å²) < 4.78 is 17.7. The molecule has 0 atom stereocenters. The van der Waals surface area contributed by atoms with Gasteiger partial charge in [0.1, 0.15) is 17.2 Å². The molecule has 0 radical (unpaired) electrons. The zero-order chi connectivity index (χ0) is 24.5. The van der Waals surface area contributed by atoms with Gasteiger partial charge in [0, 0.05) is 24.2 Å². The molecule has 35 heavy (non-hydrogen) atoms. The topological polar surface area (TPSA) is 99.5 Å². The molecule has 3 aromatic carbocycles. The number of carbonyl (C=O) groups excluding carboxylic acids is 1. The van der Waals surface area contributed by atoms with Crippen molar-refractivity contribution in [1.82, 2.24) is 14.8 Å². The van der Waals surface area contributed by atoms with Crippen LogP contribution >= 0.6 is 0 Å². The summed E-state index contributed by atoms with van der Waals surface area (Å²) in [5, 5.41) is 10.7. The zero-order valence-electron chi connectivity index (χ0n) is 19.6. The van der Waals surface area contributed by atoms with Gasteiger partial charge >= 0.3 is 0 Å². The number of rotatable bonds is 11. The summed E-state index contributed by atoms with van der Waals surface area (Å²) in [5.41, 5.74) is 1.86. The average Bonchev–Trinajstić information content (AvgIpc) is 3.33. The van der Waals surface area contributed by atoms with E-state index in [1.165, 1.54) is 4.68 Å². The summed E-state index contributed by atoms with van der Waals surface area (Å²) >= 11 is 0. The highest BCUT2D eigenvalue weighted by atomic mass is 16.5. The molecule has 4 rings (SSSR count). The van der Waals surface area contributed by atoms with Gasteiger partial charge in [0.15, 0.2) is 6.61 Å². The van der Waals surface area contributed by atoms with Gasteiger partial charge in [-0.1, -0.05) is 54.6 Å². The molecular weight excluding hydrogens is 446 g/mol. The second-order valence-electron chi connectivity index (χ2n) is 7.50. The first-order valence-electron chi connectivity index (χ1n) is 11.1. The lowest BCUT2D eigenvalue weighted by atomic mass is 10.2. The van der Waals surface area contributed by atoms with E-state index in [2.05, 4.69) is 20.7 Å². The maximum atomic E-state index is 13.0. The van der Waals surface area contributed by atoms with Crippen LogP contribution in [0.15, 0.2) is 78.9 Å². The predicted octanol–water partition coefficient (Wildman–Crippen LogP) is 4.24. The average molecular weight is 474 g/mol. The number of benzene rings is 3. The van der Waals surface area contributed by atoms with Crippen molar-refractivity contribution < 1.29 is 19.0 Å². The van der Waals surface area contributed by atoms with Crippen molar-refractivity contribution in [2.24, 2.45) is 0 Å². The molecule has 180 valence electrons. The molecule has 0 aliphatic heterocycles. The standard InChI is InChI=1S/C26H27N5O4/c1-33-22-14-8-6-10-19(22)16-27-25-29-26(28-17-20-11-7-9-15-23(20)34-2)31(30-25)24(32)18-35-21-12-4-3-5-13-21/h3-15H,16-18H2,1-2H3,(H2,27,28,29,30). The summed E-state index contributed by atoms with van der Waals surface area (Å²) in [6.07, 6.45) is 0. The number of nitrogens with one attached hydrogen (secondary N) is 2. The van der Waals surface area contributed by atoms with Crippen molar-refractivity contribution in [3.63, 3.8) is 0 Å². The Kier molecular flexibility index (Phi) is 7.80. The predicted molar refractivity (Wildman–Crippen MR) is 133 cm³/mol. The lowest BCUT2D eigenvalue weighted by molar-refractivity contribution is 0.0824. The molecule has 4 aromatic rings. The SMILES string of the molecule is COc1ccccc1CNc1nc(NCc2ccccc2OC)n(C(=O)COc2ccccc2)n1. The van der Waals surface area contributed by atoms with Crippen LogP contribution in [0, 0.1) is 0 Å². The molecule has 0 amide bonds. The molecule has 0 bridgehead atoms. The third-order valence-electron chi connectivity index (χ3n) is 5.21. The minimum atomic E-state index is -0.366. The van der Waals surface area contributed by atoms with Gasteiger partial charge in [-0.25, -0.2) is 0 Å². The minimum absolute atomic E-state index is 0.192. The number of hydrogen-bond acceptors (Lipinski definition) is 8. The number of hydrogen-bond donors (Lipinski definition) is 2. The third-order valence-corrected chi connectivity index (χ3v) is 5.21. The van der Waals surface area contributed by atoms with Crippen LogP contribution in [0.5, 0.6) is 17.2 Å². The van der Waals surface area contributed by atoms with Crippen LogP contribution in [0.4, 0.5) is 11.9 Å². The Labute approximate surface area is 203 Å². The molecule has 1 heterocycles. The molecular formula is C26H27N5O4. The van der Waals surface area contributed by atoms with Crippen LogP contribution in [0.2, 0.25) is 0 Å². The highest BCUT2D eigenvalue weighted by Crippen LogP contribution is 2.21. The first-order chi connectivity index (χ1) is 17.2. The Hall–Kier alpha value is -4.53. The molecule has 0 spiro atoms. The number of para-hydroxylation sites is 3. The lowest BCUT2D eigenvalue weighted by Gasteiger charge is -2.10. The molecule has 9 heteroatoms. The van der Waals surface area contributed by atoms with E-state index < -0.39 is 0 Å². The highest BCUT2D eigenvalue weighted by molar-refractivity contribution is 5.82. The number of anilines is 2. The molecule has 0 aliphatic carbocycles. The van der Waals surface area contributed by atoms with Crippen molar-refractivity contribution in [2.45, 2.75) is 13.1 Å². The van der Waals surface area contributed by atoms with Crippen molar-refractivity contribution in [2.75, 3.05) is 31.5 Å². The molecule has 1 aromatic heterocycles. The van der Waals surface area contributed by atoms with Crippen molar-refractivity contribution in [1.29, 1.82) is 0 Å². The summed E-state index contributed by atoms with van der Waals surface area (Å²) in [4.78, 5) is 17.5. The Bertz CT molecular complexity index is 1260. The quantitative estimate of drug-likeness (QED) is 0.334. The Morgan fingerprint density at radius 3 is 2.00 bits per heavy atom. The van der Waals surface area contributed by atoms with E-state index in [9.17, 15) is 4.79 Å². The minimum Gasteiger partial charge on any atom is -0.496 e. The van der Waals surface area contributed by atoms with E-state index in [0.29, 0.717) is 30.7 Å². The van der Waals surface area contributed by atoms with Gasteiger partial charge < -0.3 is 24.8 Å². The molecule has 0 saturated heterocycles. The fraction of sp³-hybridized carbons (Fsp3) is 0.192. The molecule has 2 N–H and O–H groups in total. The van der Waals surface area contributed by atoms with Crippen LogP contribution < -0.4 is 24.8 Å². The number of carbonyl (C=O) groups is 1. The zero-order valence-corrected chi connectivity index (χ0v) is 19.6. The molecule has 0 fully saturated rings. The fourth-order valence-corrected chi connectivity index (χ4v) is 3.44. The van der Waals surface area contributed by atoms with Gasteiger partial charge in [-0.15, -0.1) is 5.10 Å². The molecule has 0 aliphatic rings. The summed E-state index contributed by atoms with van der Waals surface area (Å²) in [6, 6.07) is 24.4. The first kappa shape index (κ1) is 23.6. The van der Waals surface area contributed by atoms with E-state index >= 15 is 0 Å². The summed E-state index contributed by atoms with van der Waals surface area (Å²) in [6.45, 7) is 0.624. The molecule has 0 unspecified atom stereocenters. The fourth-order valence-electron chi connectivity index (χ4n) is 3.44. The number of aromatic nitrogens is 3. The van der Waals surface area contributed by atoms with Crippen LogP contribution in [0.25, 0.3) is 0 Å². The summed E-state index contributed by atoms with van der Waals surface area (Å²) in [5.74, 6) is 2.31. The van der Waals surface area contributed by atoms with Crippen LogP contribution in [-0.4, -0.2) is 41.5 Å². The summed E-state index contributed by atoms with van der Waals surface area (Å²) in [7, 11) is 3.24. The highest BCUT2D eigenvalue weighted by Gasteiger charge is 2.18. The normalized spacial score (nSPS) is 10.5. The number of nitrogens with zero attached hydrogens (tertiary/aromatic N) is 3. The van der Waals surface area contributed by atoms with Gasteiger partial charge in [0.05, 0.1) is 14.2 Å². The third kappa shape index (κ3) is 6.08. The van der Waals surface area contributed by atoms with E-state index in [4.69, 9.17) is 14.2 Å². The van der Waals surface area contributed by atoms with Crippen molar-refractivity contribution >= 4 is 17.8 Å². The van der Waals surface area contributed by atoms with Crippen LogP contribution in [0.1, 0.15) is 15.9 Å². The largest absolute Gasteiger partial charge is 0.496 e. The van der Waals surface area contributed by atoms with Crippen molar-refractivity contribution in [3.05, 3.63) is 90.0 Å². The van der Waals surface area contributed by atoms with E-state index in [-0.39, 0.29) is 12.5 Å². The second-order valence-corrected chi connectivity index (χ2v) is 7.50. The maximum absolute atomic E-state index is 13.0. The van der Waals surface area contributed by atoms with E-state index in [1.54, 1.807) is 26.4 Å². The van der Waals surface area contributed by atoms with Gasteiger partial charge in [0.2, 0.25) is 11.9 Å². The van der Waals surface area contributed by atoms with Gasteiger partial charge in [-0.2, -0.15) is 9.67 Å². The molecule has 9 nitrogen and oxygen atoms in total.